The number of esters is 2. The first kappa shape index (κ1) is 15.4. The summed E-state index contributed by atoms with van der Waals surface area (Å²) in [6.45, 7) is 3.76. The minimum absolute atomic E-state index is 0.173. The number of nitrogens with one attached hydrogen (secondary N) is 1. The van der Waals surface area contributed by atoms with Gasteiger partial charge in [-0.05, 0) is 5.92 Å². The lowest BCUT2D eigenvalue weighted by Crippen LogP contribution is -2.43. The monoisotopic (exact) mass is 245 g/mol. The minimum atomic E-state index is -0.987. The molecule has 1 atom stereocenters. The van der Waals surface area contributed by atoms with Crippen molar-refractivity contribution in [2.24, 2.45) is 5.92 Å². The van der Waals surface area contributed by atoms with Gasteiger partial charge in [0.05, 0.1) is 20.6 Å². The van der Waals surface area contributed by atoms with E-state index in [4.69, 9.17) is 0 Å². The van der Waals surface area contributed by atoms with Gasteiger partial charge < -0.3 is 14.8 Å². The van der Waals surface area contributed by atoms with Crippen molar-refractivity contribution in [1.29, 1.82) is 0 Å². The third-order valence-electron chi connectivity index (χ3n) is 2.01. The summed E-state index contributed by atoms with van der Waals surface area (Å²) in [5.74, 6) is -1.36. The van der Waals surface area contributed by atoms with E-state index in [0.29, 0.717) is 0 Å². The molecule has 0 saturated heterocycles. The molecule has 1 amide bonds. The zero-order chi connectivity index (χ0) is 13.4. The van der Waals surface area contributed by atoms with Gasteiger partial charge in [0.1, 0.15) is 6.04 Å². The molecule has 0 bridgehead atoms. The smallest absolute Gasteiger partial charge is 0.328 e. The summed E-state index contributed by atoms with van der Waals surface area (Å²) in [7, 11) is 2.41. The number of amides is 1. The van der Waals surface area contributed by atoms with Crippen LogP contribution in [0.2, 0.25) is 0 Å². The molecular weight excluding hydrogens is 226 g/mol. The van der Waals surface area contributed by atoms with Crippen LogP contribution in [0.25, 0.3) is 0 Å². The van der Waals surface area contributed by atoms with E-state index >= 15 is 0 Å². The van der Waals surface area contributed by atoms with Crippen molar-refractivity contribution in [1.82, 2.24) is 5.32 Å². The number of ether oxygens (including phenoxy) is 2. The largest absolute Gasteiger partial charge is 0.469 e. The van der Waals surface area contributed by atoms with Crippen LogP contribution < -0.4 is 5.32 Å². The second-order valence-electron chi connectivity index (χ2n) is 4.02. The Labute approximate surface area is 101 Å². The third kappa shape index (κ3) is 6.55. The first-order valence-corrected chi connectivity index (χ1v) is 5.34. The fourth-order valence-corrected chi connectivity index (χ4v) is 1.21. The molecule has 0 aromatic rings. The molecule has 0 radical (unpaired) electrons. The Hall–Kier alpha value is -1.59. The summed E-state index contributed by atoms with van der Waals surface area (Å²) in [5, 5.41) is 2.45. The van der Waals surface area contributed by atoms with Crippen LogP contribution in [-0.2, 0) is 23.9 Å². The van der Waals surface area contributed by atoms with Gasteiger partial charge in [0.25, 0.3) is 0 Å². The summed E-state index contributed by atoms with van der Waals surface area (Å²) in [6.07, 6.45) is 0.0572. The molecule has 1 unspecified atom stereocenters. The second kappa shape index (κ2) is 7.65. The van der Waals surface area contributed by atoms with Gasteiger partial charge in [0.2, 0.25) is 5.91 Å². The molecule has 0 aliphatic heterocycles. The molecule has 17 heavy (non-hydrogen) atoms. The average molecular weight is 245 g/mol. The van der Waals surface area contributed by atoms with E-state index in [1.807, 2.05) is 13.8 Å². The van der Waals surface area contributed by atoms with E-state index < -0.39 is 18.0 Å². The maximum absolute atomic E-state index is 11.5. The molecule has 0 saturated carbocycles. The average Bonchev–Trinajstić information content (AvgIpc) is 2.25. The number of hydrogen-bond donors (Lipinski definition) is 1. The summed E-state index contributed by atoms with van der Waals surface area (Å²) in [6, 6.07) is -0.987. The normalized spacial score (nSPS) is 11.8. The Kier molecular flexibility index (Phi) is 6.93. The van der Waals surface area contributed by atoms with Crippen LogP contribution in [0.5, 0.6) is 0 Å². The Morgan fingerprint density at radius 1 is 1.06 bits per heavy atom. The van der Waals surface area contributed by atoms with Crippen LogP contribution in [0.15, 0.2) is 0 Å². The summed E-state index contributed by atoms with van der Waals surface area (Å²) < 4.78 is 8.94. The van der Waals surface area contributed by atoms with Crippen LogP contribution in [0.4, 0.5) is 0 Å². The first-order valence-electron chi connectivity index (χ1n) is 5.34. The molecule has 1 N–H and O–H groups in total. The van der Waals surface area contributed by atoms with Crippen LogP contribution >= 0.6 is 0 Å². The number of rotatable bonds is 6. The van der Waals surface area contributed by atoms with Gasteiger partial charge in [0.15, 0.2) is 0 Å². The van der Waals surface area contributed by atoms with Crippen LogP contribution in [0.1, 0.15) is 26.7 Å². The third-order valence-corrected chi connectivity index (χ3v) is 2.01. The van der Waals surface area contributed by atoms with E-state index in [1.54, 1.807) is 0 Å². The molecule has 0 aliphatic rings. The Morgan fingerprint density at radius 2 is 1.65 bits per heavy atom. The molecule has 0 rings (SSSR count). The summed E-state index contributed by atoms with van der Waals surface area (Å²) in [5.41, 5.74) is 0. The maximum atomic E-state index is 11.5. The van der Waals surface area contributed by atoms with Crippen LogP contribution in [0, 0.1) is 5.92 Å². The van der Waals surface area contributed by atoms with Gasteiger partial charge in [-0.15, -0.1) is 0 Å². The first-order chi connectivity index (χ1) is 7.90. The molecule has 0 aromatic heterocycles. The Bertz CT molecular complexity index is 288. The quantitative estimate of drug-likeness (QED) is 0.678. The molecule has 6 heteroatoms. The van der Waals surface area contributed by atoms with Crippen LogP contribution in [-0.4, -0.2) is 38.1 Å². The van der Waals surface area contributed by atoms with Crippen molar-refractivity contribution in [2.45, 2.75) is 32.7 Å². The molecule has 0 fully saturated rings. The Balaban J connectivity index is 4.43. The summed E-state index contributed by atoms with van der Waals surface area (Å²) in [4.78, 5) is 33.9. The van der Waals surface area contributed by atoms with E-state index in [0.717, 1.165) is 0 Å². The number of hydrogen-bond acceptors (Lipinski definition) is 5. The fraction of sp³-hybridized carbons (Fsp3) is 0.727. The van der Waals surface area contributed by atoms with Crippen molar-refractivity contribution < 1.29 is 23.9 Å². The summed E-state index contributed by atoms with van der Waals surface area (Å²) >= 11 is 0. The number of carbonyl (C=O) groups excluding carboxylic acids is 3. The highest BCUT2D eigenvalue weighted by Crippen LogP contribution is 2.02. The van der Waals surface area contributed by atoms with Gasteiger partial charge in [-0.1, -0.05) is 13.8 Å². The highest BCUT2D eigenvalue weighted by Gasteiger charge is 2.25. The zero-order valence-electron chi connectivity index (χ0n) is 10.6. The molecule has 0 spiro atoms. The van der Waals surface area contributed by atoms with Gasteiger partial charge >= 0.3 is 11.9 Å². The standard InChI is InChI=1S/C11H19NO5/c1-7(2)5-9(13)12-8(11(15)17-4)6-10(14)16-3/h7-8H,5-6H2,1-4H3,(H,12,13). The van der Waals surface area contributed by atoms with Crippen molar-refractivity contribution >= 4 is 17.8 Å². The number of methoxy groups -OCH3 is 2. The van der Waals surface area contributed by atoms with Gasteiger partial charge in [-0.25, -0.2) is 4.79 Å². The lowest BCUT2D eigenvalue weighted by molar-refractivity contribution is -0.150. The predicted molar refractivity (Wildman–Crippen MR) is 60.0 cm³/mol. The molecule has 0 heterocycles. The second-order valence-corrected chi connectivity index (χ2v) is 4.02. The van der Waals surface area contributed by atoms with Gasteiger partial charge in [-0.3, -0.25) is 9.59 Å². The van der Waals surface area contributed by atoms with Crippen LogP contribution in [0.3, 0.4) is 0 Å². The highest BCUT2D eigenvalue weighted by molar-refractivity contribution is 5.88. The molecule has 98 valence electrons. The molecule has 0 aliphatic carbocycles. The highest BCUT2D eigenvalue weighted by atomic mass is 16.5. The van der Waals surface area contributed by atoms with Crippen molar-refractivity contribution in [2.75, 3.05) is 14.2 Å². The molecular formula is C11H19NO5. The van der Waals surface area contributed by atoms with E-state index in [2.05, 4.69) is 14.8 Å². The zero-order valence-corrected chi connectivity index (χ0v) is 10.6. The Morgan fingerprint density at radius 3 is 2.06 bits per heavy atom. The molecule has 0 aromatic carbocycles. The van der Waals surface area contributed by atoms with E-state index in [9.17, 15) is 14.4 Å². The fourth-order valence-electron chi connectivity index (χ4n) is 1.21. The maximum Gasteiger partial charge on any atom is 0.328 e. The van der Waals surface area contributed by atoms with Crippen molar-refractivity contribution in [3.05, 3.63) is 0 Å². The van der Waals surface area contributed by atoms with Gasteiger partial charge in [0, 0.05) is 6.42 Å². The predicted octanol–water partition coefficient (Wildman–Crippen LogP) is 0.253. The lowest BCUT2D eigenvalue weighted by Gasteiger charge is -2.16. The van der Waals surface area contributed by atoms with E-state index in [1.165, 1.54) is 14.2 Å². The SMILES string of the molecule is COC(=O)CC(NC(=O)CC(C)C)C(=O)OC. The van der Waals surface area contributed by atoms with Crippen molar-refractivity contribution in [3.8, 4) is 0 Å². The minimum Gasteiger partial charge on any atom is -0.469 e. The van der Waals surface area contributed by atoms with Crippen molar-refractivity contribution in [3.63, 3.8) is 0 Å². The molecule has 6 nitrogen and oxygen atoms in total. The lowest BCUT2D eigenvalue weighted by atomic mass is 10.1. The topological polar surface area (TPSA) is 81.7 Å². The van der Waals surface area contributed by atoms with E-state index in [-0.39, 0.29) is 24.7 Å². The number of carbonyl (C=O) groups is 3. The van der Waals surface area contributed by atoms with Gasteiger partial charge in [-0.2, -0.15) is 0 Å².